The van der Waals surface area contributed by atoms with Crippen molar-refractivity contribution < 1.29 is 0 Å². The molecular weight excluding hydrogens is 751 g/mol. The summed E-state index contributed by atoms with van der Waals surface area (Å²) < 4.78 is 0. The minimum atomic E-state index is 0.705. The minimum absolute atomic E-state index is 0.705. The van der Waals surface area contributed by atoms with Gasteiger partial charge in [0.25, 0.3) is 0 Å². The van der Waals surface area contributed by atoms with Crippen molar-refractivity contribution in [2.24, 2.45) is 0 Å². The van der Waals surface area contributed by atoms with E-state index in [1.165, 1.54) is 0 Å². The van der Waals surface area contributed by atoms with Crippen LogP contribution in [0.15, 0.2) is 237 Å². The Kier molecular flexibility index (Phi) is 10.4. The summed E-state index contributed by atoms with van der Waals surface area (Å²) >= 11 is 0. The summed E-state index contributed by atoms with van der Waals surface area (Å²) in [5, 5.41) is 3.88. The Hall–Kier alpha value is -8.36. The summed E-state index contributed by atoms with van der Waals surface area (Å²) in [7, 11) is 0. The van der Waals surface area contributed by atoms with Crippen molar-refractivity contribution in [3.05, 3.63) is 265 Å². The van der Waals surface area contributed by atoms with E-state index in [9.17, 15) is 0 Å². The zero-order chi connectivity index (χ0) is 41.7. The van der Waals surface area contributed by atoms with E-state index in [1.54, 1.807) is 0 Å². The van der Waals surface area contributed by atoms with Crippen LogP contribution in [-0.2, 0) is 0 Å². The molecule has 3 nitrogen and oxygen atoms in total. The molecule has 8 aromatic carbocycles. The molecule has 0 spiro atoms. The van der Waals surface area contributed by atoms with Crippen LogP contribution in [0.4, 0.5) is 0 Å². The van der Waals surface area contributed by atoms with E-state index in [-0.39, 0.29) is 0 Å². The lowest BCUT2D eigenvalue weighted by Crippen LogP contribution is -2.18. The van der Waals surface area contributed by atoms with Gasteiger partial charge in [0, 0.05) is 39.1 Å². The molecule has 0 bridgehead atoms. The molecule has 2 heterocycles. The lowest BCUT2D eigenvalue weighted by Gasteiger charge is -2.27. The van der Waals surface area contributed by atoms with Gasteiger partial charge in [0.15, 0.2) is 5.82 Å². The fourth-order valence-corrected chi connectivity index (χ4v) is 8.19. The van der Waals surface area contributed by atoms with Crippen LogP contribution in [0.5, 0.6) is 0 Å². The Labute approximate surface area is 363 Å². The van der Waals surface area contributed by atoms with Crippen LogP contribution in [0.2, 0.25) is 0 Å². The summed E-state index contributed by atoms with van der Waals surface area (Å²) in [6.45, 7) is 4.20. The van der Waals surface area contributed by atoms with Gasteiger partial charge in [0.05, 0.1) is 17.1 Å². The van der Waals surface area contributed by atoms with Gasteiger partial charge in [-0.15, -0.1) is 5.73 Å². The molecule has 3 heteroatoms. The molecule has 0 saturated carbocycles. The Morgan fingerprint density at radius 1 is 0.403 bits per heavy atom. The molecule has 0 radical (unpaired) electrons. The van der Waals surface area contributed by atoms with Crippen LogP contribution < -0.4 is 5.32 Å². The highest BCUT2D eigenvalue weighted by Crippen LogP contribution is 2.42. The number of aromatic nitrogens is 2. The van der Waals surface area contributed by atoms with E-state index in [0.717, 1.165) is 101 Å². The first-order valence-corrected chi connectivity index (χ1v) is 20.8. The first kappa shape index (κ1) is 37.9. The average molecular weight is 792 g/mol. The average Bonchev–Trinajstić information content (AvgIpc) is 3.36. The van der Waals surface area contributed by atoms with Crippen molar-refractivity contribution in [3.8, 4) is 56.2 Å². The highest BCUT2D eigenvalue weighted by Gasteiger charge is 2.24. The van der Waals surface area contributed by atoms with Crippen LogP contribution in [0, 0.1) is 0 Å². The van der Waals surface area contributed by atoms with Crippen molar-refractivity contribution in [1.82, 2.24) is 15.3 Å². The molecule has 9 aromatic rings. The molecule has 292 valence electrons. The van der Waals surface area contributed by atoms with Gasteiger partial charge in [0.2, 0.25) is 0 Å². The number of hydrogen-bond acceptors (Lipinski definition) is 3. The normalized spacial score (nSPS) is 12.6. The van der Waals surface area contributed by atoms with E-state index in [0.29, 0.717) is 5.82 Å². The molecule has 10 rings (SSSR count). The van der Waals surface area contributed by atoms with E-state index in [4.69, 9.17) is 9.97 Å². The molecule has 0 fully saturated rings. The maximum absolute atomic E-state index is 5.08. The summed E-state index contributed by atoms with van der Waals surface area (Å²) in [5.41, 5.74) is 22.2. The van der Waals surface area contributed by atoms with Crippen LogP contribution >= 0.6 is 0 Å². The second-order valence-electron chi connectivity index (χ2n) is 15.2. The first-order valence-electron chi connectivity index (χ1n) is 20.8. The van der Waals surface area contributed by atoms with Gasteiger partial charge in [-0.3, -0.25) is 0 Å². The summed E-state index contributed by atoms with van der Waals surface area (Å²) in [4.78, 5) is 10.1. The van der Waals surface area contributed by atoms with Crippen molar-refractivity contribution in [1.29, 1.82) is 0 Å². The zero-order valence-electron chi connectivity index (χ0n) is 34.0. The number of hydrogen-bond donors (Lipinski definition) is 1. The highest BCUT2D eigenvalue weighted by molar-refractivity contribution is 6.17. The molecule has 1 N–H and O–H groups in total. The molecule has 1 aliphatic heterocycles. The number of nitrogens with one attached hydrogen (secondary N) is 1. The predicted octanol–water partition coefficient (Wildman–Crippen LogP) is 14.6. The number of rotatable bonds is 9. The van der Waals surface area contributed by atoms with Gasteiger partial charge in [-0.2, -0.15) is 0 Å². The summed E-state index contributed by atoms with van der Waals surface area (Å²) in [6.07, 6.45) is 2.26. The van der Waals surface area contributed by atoms with Gasteiger partial charge in [-0.05, 0) is 68.8 Å². The van der Waals surface area contributed by atoms with Gasteiger partial charge < -0.3 is 5.32 Å². The zero-order valence-corrected chi connectivity index (χ0v) is 34.0. The second-order valence-corrected chi connectivity index (χ2v) is 15.2. The molecule has 0 saturated heterocycles. The number of benzene rings is 8. The van der Waals surface area contributed by atoms with Crippen LogP contribution in [0.3, 0.4) is 0 Å². The largest absolute Gasteiger partial charge is 0.354 e. The summed E-state index contributed by atoms with van der Waals surface area (Å²) in [5.74, 6) is 0.705. The van der Waals surface area contributed by atoms with Crippen LogP contribution in [-0.4, -0.2) is 9.97 Å². The summed E-state index contributed by atoms with van der Waals surface area (Å²) in [6, 6.07) is 78.3. The minimum Gasteiger partial charge on any atom is -0.354 e. The maximum Gasteiger partial charge on any atom is 0.160 e. The molecule has 0 unspecified atom stereocenters. The van der Waals surface area contributed by atoms with Gasteiger partial charge in [-0.1, -0.05) is 213 Å². The molecule has 62 heavy (non-hydrogen) atoms. The fraction of sp³-hybridized carbons (Fsp3) is 0. The van der Waals surface area contributed by atoms with E-state index < -0.39 is 0 Å². The fourth-order valence-electron chi connectivity index (χ4n) is 8.19. The molecule has 0 aliphatic carbocycles. The van der Waals surface area contributed by atoms with Crippen molar-refractivity contribution in [2.75, 3.05) is 0 Å². The molecule has 0 atom stereocenters. The number of allylic oxidation sites excluding steroid dienone is 2. The third kappa shape index (κ3) is 7.76. The third-order valence-electron chi connectivity index (χ3n) is 11.3. The Morgan fingerprint density at radius 3 is 1.50 bits per heavy atom. The van der Waals surface area contributed by atoms with Gasteiger partial charge >= 0.3 is 0 Å². The molecule has 1 aromatic heterocycles. The Bertz CT molecular complexity index is 3090. The monoisotopic (exact) mass is 791 g/mol. The van der Waals surface area contributed by atoms with Gasteiger partial charge in [-0.25, -0.2) is 9.97 Å². The van der Waals surface area contributed by atoms with Crippen molar-refractivity contribution in [2.45, 2.75) is 0 Å². The molecule has 1 aliphatic rings. The number of nitrogens with zero attached hydrogens (tertiary/aromatic N) is 2. The highest BCUT2D eigenvalue weighted by atomic mass is 14.9. The first-order chi connectivity index (χ1) is 30.7. The Balaban J connectivity index is 1.03. The quantitative estimate of drug-likeness (QED) is 0.148. The molecular formula is C59H41N3. The van der Waals surface area contributed by atoms with Gasteiger partial charge in [0.1, 0.15) is 0 Å². The third-order valence-corrected chi connectivity index (χ3v) is 11.3. The topological polar surface area (TPSA) is 37.8 Å². The van der Waals surface area contributed by atoms with E-state index in [1.807, 2.05) is 42.5 Å². The Morgan fingerprint density at radius 2 is 0.887 bits per heavy atom. The number of fused-ring (bicyclic) bond motifs is 1. The van der Waals surface area contributed by atoms with Crippen LogP contribution in [0.1, 0.15) is 27.8 Å². The van der Waals surface area contributed by atoms with E-state index >= 15 is 0 Å². The van der Waals surface area contributed by atoms with Crippen molar-refractivity contribution >= 4 is 28.6 Å². The SMILES string of the molecule is C=C=C(/C(=C1\NC(c2ccccc2)=Cc2cc(-c3ccc(-c4cccc(-c5cc(-c6ccccc6)nc(-c6ccccc6)n5)c4)cc3)ccc21)c1ccccc1)c1ccccc1. The lowest BCUT2D eigenvalue weighted by atomic mass is 9.85. The maximum atomic E-state index is 5.08. The molecule has 0 amide bonds. The second kappa shape index (κ2) is 17.1. The lowest BCUT2D eigenvalue weighted by molar-refractivity contribution is 1.18. The predicted molar refractivity (Wildman–Crippen MR) is 259 cm³/mol. The van der Waals surface area contributed by atoms with Crippen molar-refractivity contribution in [3.63, 3.8) is 0 Å². The standard InChI is InChI=1S/C59H41N3/c1-2-52(43-19-8-3-9-20-43)57(46-25-14-6-15-26-46)58-53-36-35-49(38-51(53)39-54(60-58)44-21-10-4-11-22-44)42-33-31-41(32-34-42)48-29-18-30-50(37-48)56-40-55(45-23-12-5-13-24-45)61-59(62-56)47-27-16-7-17-28-47/h3-40,60H,1H2/b58-57-. The smallest absolute Gasteiger partial charge is 0.160 e. The van der Waals surface area contributed by atoms with Crippen LogP contribution in [0.25, 0.3) is 84.8 Å². The van der Waals surface area contributed by atoms with E-state index in [2.05, 4.69) is 206 Å².